The van der Waals surface area contributed by atoms with Crippen molar-refractivity contribution in [3.63, 3.8) is 0 Å². The highest BCUT2D eigenvalue weighted by Crippen LogP contribution is 2.13. The van der Waals surface area contributed by atoms with Gasteiger partial charge in [-0.1, -0.05) is 29.8 Å². The maximum Gasteiger partial charge on any atom is 0.282 e. The maximum absolute atomic E-state index is 12.2. The normalized spacial score (nSPS) is 11.8. The Kier molecular flexibility index (Phi) is 5.90. The Labute approximate surface area is 140 Å². The van der Waals surface area contributed by atoms with Gasteiger partial charge in [0.1, 0.15) is 6.54 Å². The molecule has 3 N–H and O–H groups in total. The fraction of sp³-hybridized carbons (Fsp3) is 0.222. The molecule has 120 valence electrons. The lowest BCUT2D eigenvalue weighted by Gasteiger charge is -2.12. The van der Waals surface area contributed by atoms with E-state index in [0.29, 0.717) is 22.8 Å². The summed E-state index contributed by atoms with van der Waals surface area (Å²) in [5.74, 6) is -0.0862. The van der Waals surface area contributed by atoms with Crippen molar-refractivity contribution < 1.29 is 14.9 Å². The van der Waals surface area contributed by atoms with E-state index in [1.807, 2.05) is 36.5 Å². The second kappa shape index (κ2) is 7.90. The third-order valence-corrected chi connectivity index (χ3v) is 3.99. The number of anilines is 1. The van der Waals surface area contributed by atoms with Crippen LogP contribution < -0.4 is 10.6 Å². The van der Waals surface area contributed by atoms with Gasteiger partial charge in [0, 0.05) is 21.8 Å². The molecule has 0 aliphatic heterocycles. The number of carbonyl (C=O) groups excluding carboxylic acids is 2. The third-order valence-electron chi connectivity index (χ3n) is 3.62. The maximum atomic E-state index is 12.2. The molecular formula is C18H20ClN2O2+. The molecule has 0 aliphatic carbocycles. The van der Waals surface area contributed by atoms with Crippen LogP contribution in [-0.2, 0) is 11.3 Å². The molecule has 0 spiro atoms. The summed E-state index contributed by atoms with van der Waals surface area (Å²) in [4.78, 5) is 23.4. The Morgan fingerprint density at radius 1 is 1.13 bits per heavy atom. The summed E-state index contributed by atoms with van der Waals surface area (Å²) in [6.07, 6.45) is 0. The summed E-state index contributed by atoms with van der Waals surface area (Å²) in [7, 11) is 0. The summed E-state index contributed by atoms with van der Waals surface area (Å²) >= 11 is 6.11. The van der Waals surface area contributed by atoms with E-state index in [1.165, 1.54) is 6.92 Å². The number of quaternary nitrogens is 1. The van der Waals surface area contributed by atoms with Crippen LogP contribution in [0.1, 0.15) is 29.8 Å². The molecular weight excluding hydrogens is 312 g/mol. The van der Waals surface area contributed by atoms with Gasteiger partial charge in [0.05, 0.1) is 0 Å². The van der Waals surface area contributed by atoms with Crippen LogP contribution in [0, 0.1) is 0 Å². The number of carbonyl (C=O) groups is 2. The first-order valence-electron chi connectivity index (χ1n) is 7.46. The highest BCUT2D eigenvalue weighted by molar-refractivity contribution is 6.31. The Balaban J connectivity index is 1.89. The molecule has 2 aromatic rings. The van der Waals surface area contributed by atoms with Crippen molar-refractivity contribution in [1.82, 2.24) is 0 Å². The van der Waals surface area contributed by atoms with E-state index in [1.54, 1.807) is 24.3 Å². The van der Waals surface area contributed by atoms with Crippen LogP contribution in [0.15, 0.2) is 48.5 Å². The Hall–Kier alpha value is -2.17. The van der Waals surface area contributed by atoms with Crippen molar-refractivity contribution in [2.45, 2.75) is 26.4 Å². The van der Waals surface area contributed by atoms with Crippen LogP contribution in [0.25, 0.3) is 0 Å². The number of ketones is 1. The lowest BCUT2D eigenvalue weighted by molar-refractivity contribution is -0.688. The van der Waals surface area contributed by atoms with Gasteiger partial charge in [0.15, 0.2) is 11.8 Å². The van der Waals surface area contributed by atoms with Crippen LogP contribution in [0.2, 0.25) is 5.02 Å². The van der Waals surface area contributed by atoms with Gasteiger partial charge in [-0.05, 0) is 44.2 Å². The SMILES string of the molecule is CC(=O)c1ccc(NC(=O)[C@@H](C)[NH2+]Cc2ccccc2Cl)cc1. The number of hydrogen-bond donors (Lipinski definition) is 2. The summed E-state index contributed by atoms with van der Waals surface area (Å²) in [6.45, 7) is 3.99. The topological polar surface area (TPSA) is 62.8 Å². The van der Waals surface area contributed by atoms with Crippen LogP contribution in [0.3, 0.4) is 0 Å². The van der Waals surface area contributed by atoms with E-state index in [2.05, 4.69) is 5.32 Å². The molecule has 0 aromatic heterocycles. The number of hydrogen-bond acceptors (Lipinski definition) is 2. The fourth-order valence-corrected chi connectivity index (χ4v) is 2.33. The molecule has 1 amide bonds. The molecule has 0 saturated heterocycles. The number of benzene rings is 2. The van der Waals surface area contributed by atoms with Crippen molar-refractivity contribution in [2.24, 2.45) is 0 Å². The average molecular weight is 332 g/mol. The highest BCUT2D eigenvalue weighted by atomic mass is 35.5. The van der Waals surface area contributed by atoms with Gasteiger partial charge in [-0.25, -0.2) is 0 Å². The van der Waals surface area contributed by atoms with Gasteiger partial charge in [-0.15, -0.1) is 0 Å². The smallest absolute Gasteiger partial charge is 0.282 e. The molecule has 0 heterocycles. The molecule has 0 unspecified atom stereocenters. The molecule has 0 radical (unpaired) electrons. The summed E-state index contributed by atoms with van der Waals surface area (Å²) in [6, 6.07) is 14.2. The molecule has 0 saturated carbocycles. The number of nitrogens with one attached hydrogen (secondary N) is 1. The van der Waals surface area contributed by atoms with Crippen molar-refractivity contribution in [3.05, 3.63) is 64.7 Å². The number of halogens is 1. The lowest BCUT2D eigenvalue weighted by atomic mass is 10.1. The molecule has 2 rings (SSSR count). The number of rotatable bonds is 6. The standard InChI is InChI=1S/C18H19ClN2O2/c1-12(20-11-15-5-3-4-6-17(15)19)18(23)21-16-9-7-14(8-10-16)13(2)22/h3-10,12,20H,11H2,1-2H3,(H,21,23)/p+1/t12-/m1/s1. The summed E-state index contributed by atoms with van der Waals surface area (Å²) in [5, 5.41) is 5.48. The van der Waals surface area contributed by atoms with Crippen molar-refractivity contribution in [2.75, 3.05) is 5.32 Å². The van der Waals surface area contributed by atoms with E-state index in [4.69, 9.17) is 11.6 Å². The second-order valence-electron chi connectivity index (χ2n) is 5.44. The zero-order valence-corrected chi connectivity index (χ0v) is 13.9. The quantitative estimate of drug-likeness (QED) is 0.799. The van der Waals surface area contributed by atoms with E-state index in [-0.39, 0.29) is 17.7 Å². The molecule has 5 heteroatoms. The Morgan fingerprint density at radius 3 is 2.39 bits per heavy atom. The van der Waals surface area contributed by atoms with Crippen molar-refractivity contribution >= 4 is 29.0 Å². The van der Waals surface area contributed by atoms with Crippen LogP contribution >= 0.6 is 11.6 Å². The number of amides is 1. The second-order valence-corrected chi connectivity index (χ2v) is 5.85. The zero-order valence-electron chi connectivity index (χ0n) is 13.2. The molecule has 4 nitrogen and oxygen atoms in total. The first kappa shape index (κ1) is 17.2. The fourth-order valence-electron chi connectivity index (χ4n) is 2.12. The van der Waals surface area contributed by atoms with Crippen molar-refractivity contribution in [3.8, 4) is 0 Å². The predicted octanol–water partition coefficient (Wildman–Crippen LogP) is 2.63. The van der Waals surface area contributed by atoms with E-state index in [9.17, 15) is 9.59 Å². The lowest BCUT2D eigenvalue weighted by Crippen LogP contribution is -2.90. The van der Waals surface area contributed by atoms with Gasteiger partial charge in [-0.3, -0.25) is 9.59 Å². The minimum absolute atomic E-state index is 0.00400. The van der Waals surface area contributed by atoms with Gasteiger partial charge >= 0.3 is 0 Å². The van der Waals surface area contributed by atoms with Gasteiger partial charge in [0.2, 0.25) is 0 Å². The summed E-state index contributed by atoms with van der Waals surface area (Å²) < 4.78 is 0. The first-order chi connectivity index (χ1) is 11.0. The minimum Gasteiger partial charge on any atom is -0.332 e. The van der Waals surface area contributed by atoms with Gasteiger partial charge < -0.3 is 10.6 Å². The van der Waals surface area contributed by atoms with Gasteiger partial charge in [0.25, 0.3) is 5.91 Å². The monoisotopic (exact) mass is 331 g/mol. The third kappa shape index (κ3) is 4.91. The van der Waals surface area contributed by atoms with Crippen LogP contribution in [0.5, 0.6) is 0 Å². The molecule has 0 fully saturated rings. The number of Topliss-reactive ketones (excluding diaryl/α,β-unsaturated/α-hetero) is 1. The molecule has 2 aromatic carbocycles. The summed E-state index contributed by atoms with van der Waals surface area (Å²) in [5.41, 5.74) is 2.30. The Morgan fingerprint density at radius 2 is 1.78 bits per heavy atom. The molecule has 0 bridgehead atoms. The zero-order chi connectivity index (χ0) is 16.8. The predicted molar refractivity (Wildman–Crippen MR) is 91.6 cm³/mol. The first-order valence-corrected chi connectivity index (χ1v) is 7.84. The van der Waals surface area contributed by atoms with E-state index < -0.39 is 0 Å². The molecule has 1 atom stereocenters. The van der Waals surface area contributed by atoms with E-state index >= 15 is 0 Å². The van der Waals surface area contributed by atoms with Crippen molar-refractivity contribution in [1.29, 1.82) is 0 Å². The molecule has 0 aliphatic rings. The molecule has 23 heavy (non-hydrogen) atoms. The average Bonchev–Trinajstić information content (AvgIpc) is 2.54. The van der Waals surface area contributed by atoms with Gasteiger partial charge in [-0.2, -0.15) is 0 Å². The largest absolute Gasteiger partial charge is 0.332 e. The van der Waals surface area contributed by atoms with Crippen LogP contribution in [0.4, 0.5) is 5.69 Å². The number of nitrogens with two attached hydrogens (primary N) is 1. The highest BCUT2D eigenvalue weighted by Gasteiger charge is 2.16. The van der Waals surface area contributed by atoms with E-state index in [0.717, 1.165) is 5.56 Å². The minimum atomic E-state index is -0.251. The Bertz CT molecular complexity index is 698. The van der Waals surface area contributed by atoms with Crippen LogP contribution in [-0.4, -0.2) is 17.7 Å².